The maximum Gasteiger partial charge on any atom is 0.335 e. The predicted octanol–water partition coefficient (Wildman–Crippen LogP) is 3.71. The highest BCUT2D eigenvalue weighted by atomic mass is 16.5. The lowest BCUT2D eigenvalue weighted by molar-refractivity contribution is -0.234. The Morgan fingerprint density at radius 2 is 1.67 bits per heavy atom. The number of benzene rings is 2. The van der Waals surface area contributed by atoms with Gasteiger partial charge in [0.15, 0.2) is 0 Å². The first-order chi connectivity index (χ1) is 9.67. The standard InChI is InChI=1S/C17H19NO3/c1-16(2)12-7-5-6-10-8-11(15(19)20)9-13(14(10)12)17(3,4)18(16)21/h5-9,21H,1-4H3,(H,19,20). The van der Waals surface area contributed by atoms with Crippen LogP contribution in [0.15, 0.2) is 30.3 Å². The average Bonchev–Trinajstić information content (AvgIpc) is 2.42. The van der Waals surface area contributed by atoms with Crippen LogP contribution in [-0.4, -0.2) is 21.3 Å². The molecule has 0 saturated heterocycles. The van der Waals surface area contributed by atoms with Crippen molar-refractivity contribution >= 4 is 16.7 Å². The summed E-state index contributed by atoms with van der Waals surface area (Å²) in [6.45, 7) is 7.76. The van der Waals surface area contributed by atoms with Gasteiger partial charge in [0, 0.05) is 0 Å². The molecule has 110 valence electrons. The first-order valence-corrected chi connectivity index (χ1v) is 6.97. The topological polar surface area (TPSA) is 60.8 Å². The third-order valence-corrected chi connectivity index (χ3v) is 4.60. The quantitative estimate of drug-likeness (QED) is 0.838. The molecule has 2 aromatic rings. The lowest BCUT2D eigenvalue weighted by atomic mass is 9.75. The molecule has 0 radical (unpaired) electrons. The summed E-state index contributed by atoms with van der Waals surface area (Å²) < 4.78 is 0. The first kappa shape index (κ1) is 14.0. The van der Waals surface area contributed by atoms with Crippen molar-refractivity contribution in [2.45, 2.75) is 38.8 Å². The van der Waals surface area contributed by atoms with Gasteiger partial charge in [-0.1, -0.05) is 18.2 Å². The number of hydrogen-bond donors (Lipinski definition) is 2. The van der Waals surface area contributed by atoms with Crippen molar-refractivity contribution in [1.82, 2.24) is 5.06 Å². The van der Waals surface area contributed by atoms with E-state index in [0.717, 1.165) is 21.9 Å². The molecule has 1 aliphatic rings. The van der Waals surface area contributed by atoms with Gasteiger partial charge < -0.3 is 10.3 Å². The van der Waals surface area contributed by atoms with Crippen LogP contribution in [0.1, 0.15) is 49.2 Å². The summed E-state index contributed by atoms with van der Waals surface area (Å²) >= 11 is 0. The third kappa shape index (κ3) is 1.73. The molecule has 4 heteroatoms. The predicted molar refractivity (Wildman–Crippen MR) is 80.6 cm³/mol. The SMILES string of the molecule is CC1(C)c2cccc3cc(C(=O)O)cc(c23)C(C)(C)N1O. The largest absolute Gasteiger partial charge is 0.478 e. The Hall–Kier alpha value is -1.91. The maximum atomic E-state index is 11.4. The van der Waals surface area contributed by atoms with Crippen molar-refractivity contribution in [3.8, 4) is 0 Å². The smallest absolute Gasteiger partial charge is 0.335 e. The van der Waals surface area contributed by atoms with Gasteiger partial charge in [-0.15, -0.1) is 0 Å². The molecule has 0 aromatic heterocycles. The molecule has 21 heavy (non-hydrogen) atoms. The molecule has 0 spiro atoms. The van der Waals surface area contributed by atoms with Crippen LogP contribution in [0.25, 0.3) is 10.8 Å². The first-order valence-electron chi connectivity index (χ1n) is 6.97. The minimum Gasteiger partial charge on any atom is -0.478 e. The molecule has 1 aliphatic heterocycles. The fourth-order valence-corrected chi connectivity index (χ4v) is 3.47. The second-order valence-corrected chi connectivity index (χ2v) is 6.66. The fraction of sp³-hybridized carbons (Fsp3) is 0.353. The van der Waals surface area contributed by atoms with E-state index in [0.29, 0.717) is 0 Å². The monoisotopic (exact) mass is 285 g/mol. The van der Waals surface area contributed by atoms with Gasteiger partial charge in [-0.05, 0) is 61.7 Å². The number of rotatable bonds is 1. The van der Waals surface area contributed by atoms with E-state index in [9.17, 15) is 15.1 Å². The van der Waals surface area contributed by atoms with Crippen molar-refractivity contribution in [1.29, 1.82) is 0 Å². The van der Waals surface area contributed by atoms with Gasteiger partial charge in [-0.25, -0.2) is 4.79 Å². The number of nitrogens with zero attached hydrogens (tertiary/aromatic N) is 1. The van der Waals surface area contributed by atoms with Crippen LogP contribution in [0.4, 0.5) is 0 Å². The minimum atomic E-state index is -0.955. The van der Waals surface area contributed by atoms with E-state index in [1.54, 1.807) is 12.1 Å². The summed E-state index contributed by atoms with van der Waals surface area (Å²) in [7, 11) is 0. The molecular formula is C17H19NO3. The van der Waals surface area contributed by atoms with Crippen molar-refractivity contribution in [2.75, 3.05) is 0 Å². The molecule has 0 fully saturated rings. The Morgan fingerprint density at radius 1 is 1.05 bits per heavy atom. The molecule has 0 amide bonds. The van der Waals surface area contributed by atoms with E-state index in [1.807, 2.05) is 45.9 Å². The highest BCUT2D eigenvalue weighted by Crippen LogP contribution is 2.48. The minimum absolute atomic E-state index is 0.246. The zero-order valence-corrected chi connectivity index (χ0v) is 12.6. The molecule has 4 nitrogen and oxygen atoms in total. The fourth-order valence-electron chi connectivity index (χ4n) is 3.47. The summed E-state index contributed by atoms with van der Waals surface area (Å²) in [4.78, 5) is 11.4. The number of carbonyl (C=O) groups is 1. The van der Waals surface area contributed by atoms with E-state index in [4.69, 9.17) is 0 Å². The number of carboxylic acid groups (broad SMARTS) is 1. The number of hydrogen-bond acceptors (Lipinski definition) is 3. The van der Waals surface area contributed by atoms with Crippen molar-refractivity contribution in [2.24, 2.45) is 0 Å². The van der Waals surface area contributed by atoms with Crippen LogP contribution < -0.4 is 0 Å². The molecule has 1 heterocycles. The average molecular weight is 285 g/mol. The van der Waals surface area contributed by atoms with Crippen LogP contribution in [0.2, 0.25) is 0 Å². The Bertz CT molecular complexity index is 762. The van der Waals surface area contributed by atoms with Crippen molar-refractivity contribution in [3.05, 3.63) is 47.0 Å². The van der Waals surface area contributed by atoms with Crippen molar-refractivity contribution in [3.63, 3.8) is 0 Å². The Kier molecular flexibility index (Phi) is 2.71. The molecule has 3 rings (SSSR count). The molecule has 2 aromatic carbocycles. The van der Waals surface area contributed by atoms with Crippen molar-refractivity contribution < 1.29 is 15.1 Å². The van der Waals surface area contributed by atoms with Crippen LogP contribution in [-0.2, 0) is 11.1 Å². The number of aromatic carboxylic acids is 1. The summed E-state index contributed by atoms with van der Waals surface area (Å²) in [5, 5.41) is 23.3. The third-order valence-electron chi connectivity index (χ3n) is 4.60. The second-order valence-electron chi connectivity index (χ2n) is 6.66. The highest BCUT2D eigenvalue weighted by Gasteiger charge is 2.45. The molecule has 0 saturated carbocycles. The Labute approximate surface area is 123 Å². The molecule has 0 atom stereocenters. The van der Waals surface area contributed by atoms with E-state index in [1.165, 1.54) is 5.06 Å². The van der Waals surface area contributed by atoms with Crippen LogP contribution in [0.5, 0.6) is 0 Å². The van der Waals surface area contributed by atoms with E-state index in [2.05, 4.69) is 0 Å². The van der Waals surface area contributed by atoms with Gasteiger partial charge >= 0.3 is 5.97 Å². The Morgan fingerprint density at radius 3 is 2.29 bits per heavy atom. The summed E-state index contributed by atoms with van der Waals surface area (Å²) in [6.07, 6.45) is 0. The van der Waals surface area contributed by atoms with Gasteiger partial charge in [-0.3, -0.25) is 0 Å². The van der Waals surface area contributed by atoms with E-state index >= 15 is 0 Å². The molecule has 0 aliphatic carbocycles. The van der Waals surface area contributed by atoms with Gasteiger partial charge in [0.1, 0.15) is 0 Å². The summed E-state index contributed by atoms with van der Waals surface area (Å²) in [5.41, 5.74) is 0.891. The van der Waals surface area contributed by atoms with E-state index in [-0.39, 0.29) is 5.56 Å². The van der Waals surface area contributed by atoms with Crippen LogP contribution in [0, 0.1) is 0 Å². The van der Waals surface area contributed by atoms with Gasteiger partial charge in [-0.2, -0.15) is 5.06 Å². The van der Waals surface area contributed by atoms with Crippen LogP contribution in [0.3, 0.4) is 0 Å². The molecule has 0 unspecified atom stereocenters. The second kappa shape index (κ2) is 4.06. The normalized spacial score (nSPS) is 19.7. The van der Waals surface area contributed by atoms with Crippen LogP contribution >= 0.6 is 0 Å². The molecule has 0 bridgehead atoms. The number of carboxylic acids is 1. The lowest BCUT2D eigenvalue weighted by Gasteiger charge is -2.49. The molecular weight excluding hydrogens is 266 g/mol. The summed E-state index contributed by atoms with van der Waals surface area (Å²) in [6, 6.07) is 9.19. The lowest BCUT2D eigenvalue weighted by Crippen LogP contribution is -2.52. The van der Waals surface area contributed by atoms with Gasteiger partial charge in [0.25, 0.3) is 0 Å². The summed E-state index contributed by atoms with van der Waals surface area (Å²) in [5.74, 6) is -0.955. The van der Waals surface area contributed by atoms with E-state index < -0.39 is 17.0 Å². The van der Waals surface area contributed by atoms with Gasteiger partial charge in [0.2, 0.25) is 0 Å². The zero-order chi connectivity index (χ0) is 15.6. The van der Waals surface area contributed by atoms with Gasteiger partial charge in [0.05, 0.1) is 16.6 Å². The molecule has 2 N–H and O–H groups in total. The zero-order valence-electron chi connectivity index (χ0n) is 12.6. The maximum absolute atomic E-state index is 11.4. The number of hydroxylamine groups is 2. The Balaban J connectivity index is 2.51. The highest BCUT2D eigenvalue weighted by molar-refractivity contribution is 5.98.